The SMILES string of the molecule is Cc1ccc(Cn2c(O)c(F)c(=O)[nH]c2=O)s1. The first kappa shape index (κ1) is 11.6. The summed E-state index contributed by atoms with van der Waals surface area (Å²) in [6, 6.07) is 3.62. The van der Waals surface area contributed by atoms with Gasteiger partial charge in [-0.15, -0.1) is 11.3 Å². The molecule has 2 rings (SSSR count). The van der Waals surface area contributed by atoms with Crippen molar-refractivity contribution in [2.75, 3.05) is 0 Å². The maximum absolute atomic E-state index is 13.1. The topological polar surface area (TPSA) is 75.1 Å². The van der Waals surface area contributed by atoms with E-state index in [4.69, 9.17) is 0 Å². The maximum Gasteiger partial charge on any atom is 0.331 e. The smallest absolute Gasteiger partial charge is 0.331 e. The van der Waals surface area contributed by atoms with Gasteiger partial charge in [-0.05, 0) is 19.1 Å². The Morgan fingerprint density at radius 1 is 1.47 bits per heavy atom. The van der Waals surface area contributed by atoms with Gasteiger partial charge in [-0.3, -0.25) is 14.3 Å². The van der Waals surface area contributed by atoms with Gasteiger partial charge in [-0.2, -0.15) is 4.39 Å². The third-order valence-corrected chi connectivity index (χ3v) is 3.21. The zero-order valence-electron chi connectivity index (χ0n) is 8.86. The Morgan fingerprint density at radius 3 is 2.76 bits per heavy atom. The van der Waals surface area contributed by atoms with Crippen molar-refractivity contribution in [3.63, 3.8) is 0 Å². The van der Waals surface area contributed by atoms with E-state index < -0.39 is 22.9 Å². The molecule has 0 bridgehead atoms. The lowest BCUT2D eigenvalue weighted by molar-refractivity contribution is 0.368. The minimum atomic E-state index is -1.35. The van der Waals surface area contributed by atoms with Gasteiger partial charge in [0.25, 0.3) is 5.56 Å². The Balaban J connectivity index is 2.50. The van der Waals surface area contributed by atoms with Crippen LogP contribution in [0.1, 0.15) is 9.75 Å². The average Bonchev–Trinajstić information content (AvgIpc) is 2.67. The quantitative estimate of drug-likeness (QED) is 0.834. The number of hydrogen-bond donors (Lipinski definition) is 2. The van der Waals surface area contributed by atoms with Gasteiger partial charge in [0.2, 0.25) is 11.7 Å². The van der Waals surface area contributed by atoms with Crippen LogP contribution in [0.25, 0.3) is 0 Å². The van der Waals surface area contributed by atoms with Crippen molar-refractivity contribution in [1.82, 2.24) is 9.55 Å². The molecule has 0 spiro atoms. The van der Waals surface area contributed by atoms with E-state index in [1.807, 2.05) is 13.0 Å². The summed E-state index contributed by atoms with van der Waals surface area (Å²) in [5.41, 5.74) is -2.05. The van der Waals surface area contributed by atoms with E-state index in [1.165, 1.54) is 11.3 Å². The van der Waals surface area contributed by atoms with Gasteiger partial charge >= 0.3 is 5.69 Å². The molecule has 5 nitrogen and oxygen atoms in total. The van der Waals surface area contributed by atoms with E-state index in [0.29, 0.717) is 0 Å². The molecule has 2 aromatic rings. The van der Waals surface area contributed by atoms with Crippen molar-refractivity contribution in [2.24, 2.45) is 0 Å². The van der Waals surface area contributed by atoms with E-state index in [2.05, 4.69) is 0 Å². The summed E-state index contributed by atoms with van der Waals surface area (Å²) in [7, 11) is 0. The van der Waals surface area contributed by atoms with Crippen LogP contribution in [0.2, 0.25) is 0 Å². The molecule has 2 aromatic heterocycles. The van der Waals surface area contributed by atoms with Crippen molar-refractivity contribution in [3.05, 3.63) is 48.5 Å². The summed E-state index contributed by atoms with van der Waals surface area (Å²) in [6.45, 7) is 1.92. The van der Waals surface area contributed by atoms with Crippen molar-refractivity contribution in [1.29, 1.82) is 0 Å². The minimum Gasteiger partial charge on any atom is -0.492 e. The number of aromatic hydroxyl groups is 1. The Bertz CT molecular complexity index is 671. The van der Waals surface area contributed by atoms with Gasteiger partial charge in [0, 0.05) is 9.75 Å². The van der Waals surface area contributed by atoms with E-state index in [1.54, 1.807) is 11.1 Å². The molecule has 0 radical (unpaired) electrons. The third kappa shape index (κ3) is 2.14. The number of aromatic amines is 1. The van der Waals surface area contributed by atoms with Crippen molar-refractivity contribution in [2.45, 2.75) is 13.5 Å². The Kier molecular flexibility index (Phi) is 2.84. The Labute approximate surface area is 98.8 Å². The van der Waals surface area contributed by atoms with Gasteiger partial charge in [-0.25, -0.2) is 4.79 Å². The monoisotopic (exact) mass is 256 g/mol. The number of rotatable bonds is 2. The molecule has 2 N–H and O–H groups in total. The maximum atomic E-state index is 13.1. The molecule has 0 aromatic carbocycles. The van der Waals surface area contributed by atoms with Crippen molar-refractivity contribution in [3.8, 4) is 5.88 Å². The van der Waals surface area contributed by atoms with E-state index in [0.717, 1.165) is 14.3 Å². The van der Waals surface area contributed by atoms with Gasteiger partial charge in [-0.1, -0.05) is 0 Å². The van der Waals surface area contributed by atoms with Gasteiger partial charge in [0.05, 0.1) is 6.54 Å². The van der Waals surface area contributed by atoms with Crippen LogP contribution in [0.15, 0.2) is 21.7 Å². The Hall–Kier alpha value is -1.89. The van der Waals surface area contributed by atoms with Gasteiger partial charge in [0.1, 0.15) is 0 Å². The highest BCUT2D eigenvalue weighted by Crippen LogP contribution is 2.18. The van der Waals surface area contributed by atoms with Crippen molar-refractivity contribution >= 4 is 11.3 Å². The standard InChI is InChI=1S/C10H9FN2O3S/c1-5-2-3-6(17-5)4-13-9(15)7(11)8(14)12-10(13)16/h2-3,15H,4H2,1H3,(H,12,14,16). The lowest BCUT2D eigenvalue weighted by atomic mass is 10.4. The molecule has 0 saturated heterocycles. The molecular weight excluding hydrogens is 247 g/mol. The van der Waals surface area contributed by atoms with Crippen LogP contribution >= 0.6 is 11.3 Å². The predicted octanol–water partition coefficient (Wildman–Crippen LogP) is 0.800. The summed E-state index contributed by atoms with van der Waals surface area (Å²) >= 11 is 1.42. The van der Waals surface area contributed by atoms with E-state index >= 15 is 0 Å². The first-order valence-corrected chi connectivity index (χ1v) is 5.57. The molecule has 0 amide bonds. The van der Waals surface area contributed by atoms with E-state index in [-0.39, 0.29) is 6.54 Å². The first-order chi connectivity index (χ1) is 7.99. The fourth-order valence-corrected chi connectivity index (χ4v) is 2.29. The second-order valence-electron chi connectivity index (χ2n) is 3.50. The minimum absolute atomic E-state index is 0.0247. The second kappa shape index (κ2) is 4.17. The zero-order chi connectivity index (χ0) is 12.6. The molecule has 0 fully saturated rings. The summed E-state index contributed by atoms with van der Waals surface area (Å²) < 4.78 is 13.9. The zero-order valence-corrected chi connectivity index (χ0v) is 9.68. The number of aromatic nitrogens is 2. The molecule has 90 valence electrons. The number of aryl methyl sites for hydroxylation is 1. The Morgan fingerprint density at radius 2 is 2.18 bits per heavy atom. The molecule has 0 aliphatic heterocycles. The van der Waals surface area contributed by atoms with Crippen LogP contribution < -0.4 is 11.2 Å². The summed E-state index contributed by atoms with van der Waals surface area (Å²) in [6.07, 6.45) is 0. The molecule has 7 heteroatoms. The highest BCUT2D eigenvalue weighted by atomic mass is 32.1. The number of nitrogens with zero attached hydrogens (tertiary/aromatic N) is 1. The van der Waals surface area contributed by atoms with Gasteiger partial charge < -0.3 is 5.11 Å². The normalized spacial score (nSPS) is 10.7. The lowest BCUT2D eigenvalue weighted by Gasteiger charge is -2.06. The number of thiophene rings is 1. The van der Waals surface area contributed by atoms with Crippen LogP contribution in [0.4, 0.5) is 4.39 Å². The largest absolute Gasteiger partial charge is 0.492 e. The molecule has 2 heterocycles. The number of nitrogens with one attached hydrogen (secondary N) is 1. The van der Waals surface area contributed by atoms with Gasteiger partial charge in [0.15, 0.2) is 0 Å². The molecule has 0 aliphatic carbocycles. The molecular formula is C10H9FN2O3S. The fourth-order valence-electron chi connectivity index (χ4n) is 1.41. The fraction of sp³-hybridized carbons (Fsp3) is 0.200. The van der Waals surface area contributed by atoms with E-state index in [9.17, 15) is 19.1 Å². The summed E-state index contributed by atoms with van der Waals surface area (Å²) in [5, 5.41) is 9.40. The van der Waals surface area contributed by atoms with Crippen LogP contribution in [-0.2, 0) is 6.54 Å². The third-order valence-electron chi connectivity index (χ3n) is 2.23. The molecule has 0 atom stereocenters. The van der Waals surface area contributed by atoms with Crippen LogP contribution in [0, 0.1) is 12.7 Å². The number of halogens is 1. The number of H-pyrrole nitrogens is 1. The second-order valence-corrected chi connectivity index (χ2v) is 4.87. The molecule has 0 saturated carbocycles. The molecule has 0 unspecified atom stereocenters. The number of hydrogen-bond acceptors (Lipinski definition) is 4. The average molecular weight is 256 g/mol. The van der Waals surface area contributed by atoms with Crippen molar-refractivity contribution < 1.29 is 9.50 Å². The first-order valence-electron chi connectivity index (χ1n) is 4.76. The summed E-state index contributed by atoms with van der Waals surface area (Å²) in [4.78, 5) is 25.9. The predicted molar refractivity (Wildman–Crippen MR) is 61.1 cm³/mol. The lowest BCUT2D eigenvalue weighted by Crippen LogP contribution is -2.32. The highest BCUT2D eigenvalue weighted by Gasteiger charge is 2.14. The molecule has 0 aliphatic rings. The highest BCUT2D eigenvalue weighted by molar-refractivity contribution is 7.11. The summed E-state index contributed by atoms with van der Waals surface area (Å²) in [5.74, 6) is -2.29. The van der Waals surface area contributed by atoms with Crippen LogP contribution in [0.5, 0.6) is 5.88 Å². The molecule has 17 heavy (non-hydrogen) atoms. The van der Waals surface area contributed by atoms with Crippen LogP contribution in [0.3, 0.4) is 0 Å². The van der Waals surface area contributed by atoms with Crippen LogP contribution in [-0.4, -0.2) is 14.7 Å².